The van der Waals surface area contributed by atoms with Gasteiger partial charge < -0.3 is 5.11 Å². The van der Waals surface area contributed by atoms with Gasteiger partial charge in [0.1, 0.15) is 5.69 Å². The molecule has 0 unspecified atom stereocenters. The number of benzene rings is 1. The Hall–Kier alpha value is -2.63. The molecule has 0 bridgehead atoms. The minimum atomic E-state index is -1.03. The van der Waals surface area contributed by atoms with Crippen LogP contribution in [0.1, 0.15) is 33.3 Å². The third-order valence-electron chi connectivity index (χ3n) is 2.78. The minimum Gasteiger partial charge on any atom is -0.478 e. The van der Waals surface area contributed by atoms with Gasteiger partial charge in [-0.1, -0.05) is 0 Å². The van der Waals surface area contributed by atoms with Crippen LogP contribution >= 0.6 is 0 Å². The van der Waals surface area contributed by atoms with Crippen LogP contribution in [0.5, 0.6) is 0 Å². The number of carbonyl (C=O) groups is 2. The number of aromatic carboxylic acids is 1. The van der Waals surface area contributed by atoms with Crippen LogP contribution in [0.15, 0.2) is 29.1 Å². The van der Waals surface area contributed by atoms with Crippen molar-refractivity contribution in [3.8, 4) is 5.69 Å². The van der Waals surface area contributed by atoms with E-state index in [2.05, 4.69) is 5.10 Å². The van der Waals surface area contributed by atoms with E-state index in [0.29, 0.717) is 11.3 Å². The first-order valence-electron chi connectivity index (χ1n) is 5.57. The maximum absolute atomic E-state index is 11.8. The van der Waals surface area contributed by atoms with Crippen molar-refractivity contribution in [3.05, 3.63) is 51.4 Å². The van der Waals surface area contributed by atoms with Gasteiger partial charge >= 0.3 is 5.97 Å². The van der Waals surface area contributed by atoms with Crippen molar-refractivity contribution in [1.29, 1.82) is 0 Å². The lowest BCUT2D eigenvalue weighted by molar-refractivity contribution is 0.0696. The highest BCUT2D eigenvalue weighted by Crippen LogP contribution is 2.14. The third-order valence-corrected chi connectivity index (χ3v) is 2.78. The molecule has 0 radical (unpaired) electrons. The van der Waals surface area contributed by atoms with Gasteiger partial charge in [-0.05, 0) is 30.7 Å². The molecule has 0 aliphatic carbocycles. The number of carboxylic acid groups (broad SMARTS) is 1. The molecular formula is C13H12N2O4. The predicted octanol–water partition coefficient (Wildman–Crippen LogP) is 1.37. The Balaban J connectivity index is 2.56. The number of carboxylic acids is 1. The molecule has 2 rings (SSSR count). The van der Waals surface area contributed by atoms with Gasteiger partial charge in [-0.25, -0.2) is 9.48 Å². The van der Waals surface area contributed by atoms with Crippen molar-refractivity contribution >= 4 is 11.8 Å². The molecule has 6 nitrogen and oxygen atoms in total. The summed E-state index contributed by atoms with van der Waals surface area (Å²) in [6.45, 7) is 3.05. The van der Waals surface area contributed by atoms with Gasteiger partial charge in [0.15, 0.2) is 5.78 Å². The molecular weight excluding hydrogens is 248 g/mol. The van der Waals surface area contributed by atoms with Crippen LogP contribution in [-0.4, -0.2) is 26.6 Å². The topological polar surface area (TPSA) is 92.2 Å². The van der Waals surface area contributed by atoms with Gasteiger partial charge in [-0.15, -0.1) is 0 Å². The van der Waals surface area contributed by atoms with E-state index in [1.165, 1.54) is 35.9 Å². The average Bonchev–Trinajstić information content (AvgIpc) is 2.71. The number of aryl methyl sites for hydroxylation is 1. The van der Waals surface area contributed by atoms with Crippen molar-refractivity contribution in [2.24, 2.45) is 0 Å². The Morgan fingerprint density at radius 3 is 2.42 bits per heavy atom. The van der Waals surface area contributed by atoms with Crippen LogP contribution < -0.4 is 5.56 Å². The standard InChI is InChI=1S/C13H12N2O4/c1-7-5-9(13(18)19)3-4-11(7)15-12(17)6-10(14-15)8(2)16/h3-6,14H,1-2H3,(H,18,19). The average molecular weight is 260 g/mol. The highest BCUT2D eigenvalue weighted by atomic mass is 16.4. The first kappa shape index (κ1) is 12.8. The van der Waals surface area contributed by atoms with Crippen LogP contribution in [0, 0.1) is 6.92 Å². The van der Waals surface area contributed by atoms with Crippen LogP contribution in [0.25, 0.3) is 5.69 Å². The summed E-state index contributed by atoms with van der Waals surface area (Å²) in [6.07, 6.45) is 0. The van der Waals surface area contributed by atoms with Gasteiger partial charge in [-0.2, -0.15) is 0 Å². The maximum atomic E-state index is 11.8. The lowest BCUT2D eigenvalue weighted by Gasteiger charge is -2.07. The molecule has 1 aromatic carbocycles. The zero-order valence-corrected chi connectivity index (χ0v) is 10.4. The zero-order chi connectivity index (χ0) is 14.2. The van der Waals surface area contributed by atoms with Crippen LogP contribution in [0.4, 0.5) is 0 Å². The predicted molar refractivity (Wildman–Crippen MR) is 68.1 cm³/mol. The molecule has 6 heteroatoms. The van der Waals surface area contributed by atoms with Crippen molar-refractivity contribution in [3.63, 3.8) is 0 Å². The number of aromatic nitrogens is 2. The summed E-state index contributed by atoms with van der Waals surface area (Å²) >= 11 is 0. The zero-order valence-electron chi connectivity index (χ0n) is 10.4. The van der Waals surface area contributed by atoms with Crippen molar-refractivity contribution in [1.82, 2.24) is 9.78 Å². The Kier molecular flexibility index (Phi) is 3.08. The second-order valence-corrected chi connectivity index (χ2v) is 4.21. The summed E-state index contributed by atoms with van der Waals surface area (Å²) in [4.78, 5) is 33.8. The SMILES string of the molecule is CC(=O)c1cc(=O)n(-c2ccc(C(=O)O)cc2C)[nH]1. The highest BCUT2D eigenvalue weighted by molar-refractivity contribution is 5.92. The monoisotopic (exact) mass is 260 g/mol. The molecule has 2 N–H and O–H groups in total. The maximum Gasteiger partial charge on any atom is 0.335 e. The molecule has 98 valence electrons. The number of hydrogen-bond acceptors (Lipinski definition) is 3. The number of ketones is 1. The number of nitrogens with one attached hydrogen (secondary N) is 1. The highest BCUT2D eigenvalue weighted by Gasteiger charge is 2.11. The number of rotatable bonds is 3. The van der Waals surface area contributed by atoms with E-state index in [-0.39, 0.29) is 22.6 Å². The normalized spacial score (nSPS) is 10.4. The summed E-state index contributed by atoms with van der Waals surface area (Å²) in [7, 11) is 0. The van der Waals surface area contributed by atoms with Crippen molar-refractivity contribution < 1.29 is 14.7 Å². The fourth-order valence-electron chi connectivity index (χ4n) is 1.79. The molecule has 0 saturated carbocycles. The number of nitrogens with zero attached hydrogens (tertiary/aromatic N) is 1. The van der Waals surface area contributed by atoms with Crippen LogP contribution in [-0.2, 0) is 0 Å². The van der Waals surface area contributed by atoms with Gasteiger partial charge in [-0.3, -0.25) is 14.7 Å². The fourth-order valence-corrected chi connectivity index (χ4v) is 1.79. The summed E-state index contributed by atoms with van der Waals surface area (Å²) in [5.41, 5.74) is 1.14. The number of Topliss-reactive ketones (excluding diaryl/α,β-unsaturated/α-hetero) is 1. The first-order valence-corrected chi connectivity index (χ1v) is 5.57. The van der Waals surface area contributed by atoms with E-state index in [0.717, 1.165) is 0 Å². The van der Waals surface area contributed by atoms with Crippen LogP contribution in [0.3, 0.4) is 0 Å². The smallest absolute Gasteiger partial charge is 0.335 e. The third kappa shape index (κ3) is 2.33. The summed E-state index contributed by atoms with van der Waals surface area (Å²) in [6, 6.07) is 5.62. The minimum absolute atomic E-state index is 0.146. The van der Waals surface area contributed by atoms with Gasteiger partial charge in [0.25, 0.3) is 5.56 Å². The van der Waals surface area contributed by atoms with E-state index in [4.69, 9.17) is 5.11 Å². The largest absolute Gasteiger partial charge is 0.478 e. The second-order valence-electron chi connectivity index (χ2n) is 4.21. The Bertz CT molecular complexity index is 724. The van der Waals surface area contributed by atoms with E-state index >= 15 is 0 Å². The number of hydrogen-bond donors (Lipinski definition) is 2. The molecule has 1 aromatic heterocycles. The molecule has 19 heavy (non-hydrogen) atoms. The van der Waals surface area contributed by atoms with Gasteiger partial charge in [0.05, 0.1) is 11.3 Å². The molecule has 0 fully saturated rings. The molecule has 0 amide bonds. The molecule has 0 atom stereocenters. The Morgan fingerprint density at radius 1 is 1.26 bits per heavy atom. The van der Waals surface area contributed by atoms with E-state index in [9.17, 15) is 14.4 Å². The van der Waals surface area contributed by atoms with Crippen LogP contribution in [0.2, 0.25) is 0 Å². The van der Waals surface area contributed by atoms with Crippen molar-refractivity contribution in [2.45, 2.75) is 13.8 Å². The summed E-state index contributed by atoms with van der Waals surface area (Å²) in [5, 5.41) is 11.6. The molecule has 0 aliphatic rings. The number of aromatic amines is 1. The number of H-pyrrole nitrogens is 1. The summed E-state index contributed by atoms with van der Waals surface area (Å²) in [5.74, 6) is -1.27. The lowest BCUT2D eigenvalue weighted by Crippen LogP contribution is -2.15. The number of carbonyl (C=O) groups excluding carboxylic acids is 1. The first-order chi connectivity index (χ1) is 8.90. The molecule has 0 aliphatic heterocycles. The fraction of sp³-hybridized carbons (Fsp3) is 0.154. The van der Waals surface area contributed by atoms with Gasteiger partial charge in [0.2, 0.25) is 0 Å². The molecule has 0 saturated heterocycles. The van der Waals surface area contributed by atoms with Gasteiger partial charge in [0, 0.05) is 13.0 Å². The Morgan fingerprint density at radius 2 is 1.95 bits per heavy atom. The second kappa shape index (κ2) is 4.56. The van der Waals surface area contributed by atoms with E-state index < -0.39 is 5.97 Å². The molecule has 0 spiro atoms. The quantitative estimate of drug-likeness (QED) is 0.815. The van der Waals surface area contributed by atoms with E-state index in [1.54, 1.807) is 6.92 Å². The molecule has 1 heterocycles. The summed E-state index contributed by atoms with van der Waals surface area (Å²) < 4.78 is 1.22. The van der Waals surface area contributed by atoms with E-state index in [1.807, 2.05) is 0 Å². The Labute approximate surface area is 108 Å². The van der Waals surface area contributed by atoms with Crippen molar-refractivity contribution in [2.75, 3.05) is 0 Å². The molecule has 2 aromatic rings. The lowest BCUT2D eigenvalue weighted by atomic mass is 10.1.